The van der Waals surface area contributed by atoms with E-state index in [9.17, 15) is 14.0 Å². The molecule has 0 bridgehead atoms. The molecule has 0 saturated carbocycles. The van der Waals surface area contributed by atoms with Gasteiger partial charge < -0.3 is 10.3 Å². The Labute approximate surface area is 106 Å². The van der Waals surface area contributed by atoms with Crippen molar-refractivity contribution in [2.45, 2.75) is 13.5 Å². The van der Waals surface area contributed by atoms with Crippen molar-refractivity contribution in [3.63, 3.8) is 0 Å². The molecule has 94 valence electrons. The smallest absolute Gasteiger partial charge is 0.304 e. The van der Waals surface area contributed by atoms with Crippen LogP contribution in [0.5, 0.6) is 0 Å². The fourth-order valence-electron chi connectivity index (χ4n) is 1.49. The van der Waals surface area contributed by atoms with Crippen molar-refractivity contribution in [1.82, 2.24) is 10.3 Å². The number of amides is 1. The summed E-state index contributed by atoms with van der Waals surface area (Å²) in [6.45, 7) is 1.77. The minimum Gasteiger partial charge on any atom is -0.346 e. The molecule has 0 aliphatic carbocycles. The molecule has 1 aromatic heterocycles. The van der Waals surface area contributed by atoms with Crippen LogP contribution in [0.1, 0.15) is 21.6 Å². The molecule has 2 rings (SSSR count). The number of hydrogen-bond donors (Lipinski definition) is 2. The van der Waals surface area contributed by atoms with E-state index in [1.54, 1.807) is 24.4 Å². The SMILES string of the molecule is Cc1cccc(C(=O)NCc2csc(=O)[nH]2)c1F. The molecule has 0 aliphatic heterocycles. The van der Waals surface area contributed by atoms with Crippen LogP contribution in [-0.4, -0.2) is 10.9 Å². The Hall–Kier alpha value is -1.95. The second kappa shape index (κ2) is 5.14. The summed E-state index contributed by atoms with van der Waals surface area (Å²) in [4.78, 5) is 25.0. The lowest BCUT2D eigenvalue weighted by molar-refractivity contribution is 0.0946. The van der Waals surface area contributed by atoms with Crippen LogP contribution in [0.4, 0.5) is 4.39 Å². The van der Waals surface area contributed by atoms with Crippen molar-refractivity contribution in [3.8, 4) is 0 Å². The number of thiazole rings is 1. The first-order valence-corrected chi connectivity index (χ1v) is 6.16. The first-order chi connectivity index (χ1) is 8.58. The van der Waals surface area contributed by atoms with Crippen LogP contribution in [0.15, 0.2) is 28.4 Å². The lowest BCUT2D eigenvalue weighted by atomic mass is 10.1. The molecule has 18 heavy (non-hydrogen) atoms. The van der Waals surface area contributed by atoms with Crippen LogP contribution in [0, 0.1) is 12.7 Å². The van der Waals surface area contributed by atoms with Gasteiger partial charge in [-0.15, -0.1) is 0 Å². The van der Waals surface area contributed by atoms with Gasteiger partial charge in [-0.2, -0.15) is 0 Å². The predicted molar refractivity (Wildman–Crippen MR) is 67.2 cm³/mol. The van der Waals surface area contributed by atoms with Gasteiger partial charge in [0.2, 0.25) is 0 Å². The minimum absolute atomic E-state index is 0.00702. The lowest BCUT2D eigenvalue weighted by Gasteiger charge is -2.06. The molecule has 2 N–H and O–H groups in total. The molecule has 4 nitrogen and oxygen atoms in total. The first-order valence-electron chi connectivity index (χ1n) is 5.28. The summed E-state index contributed by atoms with van der Waals surface area (Å²) >= 11 is 1.02. The van der Waals surface area contributed by atoms with E-state index >= 15 is 0 Å². The lowest BCUT2D eigenvalue weighted by Crippen LogP contribution is -2.24. The zero-order valence-corrected chi connectivity index (χ0v) is 10.4. The summed E-state index contributed by atoms with van der Waals surface area (Å²) < 4.78 is 13.7. The van der Waals surface area contributed by atoms with Gasteiger partial charge in [0.1, 0.15) is 5.82 Å². The van der Waals surface area contributed by atoms with E-state index in [4.69, 9.17) is 0 Å². The highest BCUT2D eigenvalue weighted by Gasteiger charge is 2.12. The minimum atomic E-state index is -0.520. The van der Waals surface area contributed by atoms with Gasteiger partial charge in [-0.3, -0.25) is 9.59 Å². The third kappa shape index (κ3) is 2.65. The van der Waals surface area contributed by atoms with Gasteiger partial charge in [-0.25, -0.2) is 4.39 Å². The number of hydrogen-bond acceptors (Lipinski definition) is 3. The third-order valence-electron chi connectivity index (χ3n) is 2.45. The Kier molecular flexibility index (Phi) is 3.57. The normalized spacial score (nSPS) is 10.3. The molecule has 0 spiro atoms. The molecular formula is C12H11FN2O2S. The first kappa shape index (κ1) is 12.5. The van der Waals surface area contributed by atoms with Crippen LogP contribution in [-0.2, 0) is 6.54 Å². The predicted octanol–water partition coefficient (Wildman–Crippen LogP) is 1.81. The molecule has 1 heterocycles. The highest BCUT2D eigenvalue weighted by Crippen LogP contribution is 2.11. The van der Waals surface area contributed by atoms with E-state index in [2.05, 4.69) is 10.3 Å². The number of halogens is 1. The Morgan fingerprint density at radius 3 is 2.94 bits per heavy atom. The Bertz CT molecular complexity index is 633. The topological polar surface area (TPSA) is 62.0 Å². The van der Waals surface area contributed by atoms with E-state index in [0.717, 1.165) is 11.3 Å². The van der Waals surface area contributed by atoms with Crippen molar-refractivity contribution >= 4 is 17.2 Å². The molecular weight excluding hydrogens is 255 g/mol. The number of rotatable bonds is 3. The van der Waals surface area contributed by atoms with Gasteiger partial charge >= 0.3 is 4.87 Å². The van der Waals surface area contributed by atoms with Gasteiger partial charge in [-0.05, 0) is 18.6 Å². The average molecular weight is 266 g/mol. The summed E-state index contributed by atoms with van der Waals surface area (Å²) in [7, 11) is 0. The maximum absolute atomic E-state index is 13.7. The summed E-state index contributed by atoms with van der Waals surface area (Å²) in [5.41, 5.74) is 1.03. The van der Waals surface area contributed by atoms with Crippen LogP contribution < -0.4 is 10.2 Å². The summed E-state index contributed by atoms with van der Waals surface area (Å²) in [5.74, 6) is -1.02. The van der Waals surface area contributed by atoms with E-state index in [1.807, 2.05) is 0 Å². The van der Waals surface area contributed by atoms with Crippen LogP contribution in [0.25, 0.3) is 0 Å². The monoisotopic (exact) mass is 266 g/mol. The highest BCUT2D eigenvalue weighted by atomic mass is 32.1. The Morgan fingerprint density at radius 2 is 2.28 bits per heavy atom. The van der Waals surface area contributed by atoms with Gasteiger partial charge in [0.05, 0.1) is 12.1 Å². The van der Waals surface area contributed by atoms with Crippen molar-refractivity contribution < 1.29 is 9.18 Å². The van der Waals surface area contributed by atoms with E-state index < -0.39 is 11.7 Å². The largest absolute Gasteiger partial charge is 0.346 e. The number of nitrogens with one attached hydrogen (secondary N) is 2. The molecule has 0 saturated heterocycles. The van der Waals surface area contributed by atoms with E-state index in [1.165, 1.54) is 6.07 Å². The van der Waals surface area contributed by atoms with Crippen LogP contribution in [0.2, 0.25) is 0 Å². The summed E-state index contributed by atoms with van der Waals surface area (Å²) in [5, 5.41) is 4.17. The van der Waals surface area contributed by atoms with Gasteiger partial charge in [0.15, 0.2) is 0 Å². The number of benzene rings is 1. The van der Waals surface area contributed by atoms with Crippen molar-refractivity contribution in [2.75, 3.05) is 0 Å². The molecule has 0 aliphatic rings. The average Bonchev–Trinajstić information content (AvgIpc) is 2.76. The number of aromatic nitrogens is 1. The van der Waals surface area contributed by atoms with E-state index in [0.29, 0.717) is 11.3 Å². The molecule has 1 aromatic carbocycles. The maximum Gasteiger partial charge on any atom is 0.304 e. The van der Waals surface area contributed by atoms with Gasteiger partial charge in [0.25, 0.3) is 5.91 Å². The second-order valence-corrected chi connectivity index (χ2v) is 4.63. The van der Waals surface area contributed by atoms with Gasteiger partial charge in [-0.1, -0.05) is 23.5 Å². The standard InChI is InChI=1S/C12H11FN2O2S/c1-7-3-2-4-9(10(7)13)11(16)14-5-8-6-18-12(17)15-8/h2-4,6H,5H2,1H3,(H,14,16)(H,15,17). The Morgan fingerprint density at radius 1 is 1.50 bits per heavy atom. The van der Waals surface area contributed by atoms with Gasteiger partial charge in [0, 0.05) is 11.1 Å². The number of carbonyl (C=O) groups is 1. The second-order valence-electron chi connectivity index (χ2n) is 3.79. The molecule has 2 aromatic rings. The fraction of sp³-hybridized carbons (Fsp3) is 0.167. The molecule has 0 radical (unpaired) electrons. The zero-order chi connectivity index (χ0) is 13.1. The molecule has 0 fully saturated rings. The zero-order valence-electron chi connectivity index (χ0n) is 9.62. The molecule has 1 amide bonds. The van der Waals surface area contributed by atoms with Crippen LogP contribution >= 0.6 is 11.3 Å². The fourth-order valence-corrected chi connectivity index (χ4v) is 2.08. The van der Waals surface area contributed by atoms with Crippen molar-refractivity contribution in [1.29, 1.82) is 0 Å². The third-order valence-corrected chi connectivity index (χ3v) is 3.17. The highest BCUT2D eigenvalue weighted by molar-refractivity contribution is 7.07. The quantitative estimate of drug-likeness (QED) is 0.890. The number of aromatic amines is 1. The number of carbonyl (C=O) groups excluding carboxylic acids is 1. The summed E-state index contributed by atoms with van der Waals surface area (Å²) in [6.07, 6.45) is 0. The van der Waals surface area contributed by atoms with Crippen molar-refractivity contribution in [3.05, 3.63) is 55.9 Å². The molecule has 0 atom stereocenters. The number of aryl methyl sites for hydroxylation is 1. The summed E-state index contributed by atoms with van der Waals surface area (Å²) in [6, 6.07) is 4.65. The molecule has 0 unspecified atom stereocenters. The maximum atomic E-state index is 13.7. The number of H-pyrrole nitrogens is 1. The molecule has 6 heteroatoms. The van der Waals surface area contributed by atoms with E-state index in [-0.39, 0.29) is 17.0 Å². The Balaban J connectivity index is 2.08. The van der Waals surface area contributed by atoms with Crippen molar-refractivity contribution in [2.24, 2.45) is 0 Å². The van der Waals surface area contributed by atoms with Crippen LogP contribution in [0.3, 0.4) is 0 Å².